The minimum Gasteiger partial charge on any atom is -0.493 e. The molecule has 12 heavy (non-hydrogen) atoms. The van der Waals surface area contributed by atoms with E-state index < -0.39 is 0 Å². The second-order valence-electron chi connectivity index (χ2n) is 2.93. The smallest absolute Gasteiger partial charge is 0.289 e. The summed E-state index contributed by atoms with van der Waals surface area (Å²) in [6.07, 6.45) is 2.12. The Kier molecular flexibility index (Phi) is 1.82. The maximum absolute atomic E-state index is 8.96. The molecule has 0 saturated carbocycles. The second-order valence-corrected chi connectivity index (χ2v) is 2.93. The normalized spacial score (nSPS) is 20.8. The summed E-state index contributed by atoms with van der Waals surface area (Å²) in [5, 5.41) is 0. The van der Waals surface area contributed by atoms with Gasteiger partial charge in [0.1, 0.15) is 5.75 Å². The molecule has 1 aliphatic rings. The molecule has 0 bridgehead atoms. The molecule has 1 atom stereocenters. The molecule has 1 aromatic rings. The minimum atomic E-state index is 0.148. The van der Waals surface area contributed by atoms with E-state index in [-0.39, 0.29) is 5.92 Å². The lowest BCUT2D eigenvalue weighted by atomic mass is 9.95. The van der Waals surface area contributed by atoms with Gasteiger partial charge in [0.2, 0.25) is 0 Å². The van der Waals surface area contributed by atoms with Crippen molar-refractivity contribution in [2.75, 3.05) is 6.61 Å². The lowest BCUT2D eigenvalue weighted by molar-refractivity contribution is 0.281. The van der Waals surface area contributed by atoms with Gasteiger partial charge in [-0.15, -0.1) is 0 Å². The van der Waals surface area contributed by atoms with E-state index in [0.29, 0.717) is 6.61 Å². The number of rotatable bonds is 1. The van der Waals surface area contributed by atoms with Crippen molar-refractivity contribution in [2.24, 2.45) is 0 Å². The number of ether oxygens (including phenoxy) is 1. The molecule has 0 saturated heterocycles. The standard InChI is InChI=1S/C10H10O2/c11-7-8-5-6-12-10-4-2-1-3-9(8)10/h1-4,7-8H,5-6H2/p+1. The fourth-order valence-corrected chi connectivity index (χ4v) is 1.52. The van der Waals surface area contributed by atoms with Crippen LogP contribution in [0.4, 0.5) is 0 Å². The van der Waals surface area contributed by atoms with Crippen LogP contribution in [0.5, 0.6) is 5.75 Å². The van der Waals surface area contributed by atoms with E-state index in [9.17, 15) is 0 Å². The van der Waals surface area contributed by atoms with Crippen molar-refractivity contribution in [3.05, 3.63) is 29.8 Å². The number of para-hydroxylation sites is 1. The Bertz CT molecular complexity index is 294. The third kappa shape index (κ3) is 1.09. The molecule has 62 valence electrons. The van der Waals surface area contributed by atoms with E-state index >= 15 is 0 Å². The Morgan fingerprint density at radius 3 is 3.08 bits per heavy atom. The summed E-state index contributed by atoms with van der Waals surface area (Å²) in [6, 6.07) is 7.83. The molecule has 0 aromatic heterocycles. The van der Waals surface area contributed by atoms with Crippen molar-refractivity contribution in [2.45, 2.75) is 12.3 Å². The first-order chi connectivity index (χ1) is 5.92. The average molecular weight is 163 g/mol. The monoisotopic (exact) mass is 163 g/mol. The maximum Gasteiger partial charge on any atom is 0.289 e. The third-order valence-corrected chi connectivity index (χ3v) is 2.18. The third-order valence-electron chi connectivity index (χ3n) is 2.18. The van der Waals surface area contributed by atoms with Gasteiger partial charge in [0, 0.05) is 12.0 Å². The zero-order chi connectivity index (χ0) is 8.39. The Hall–Kier alpha value is -1.31. The average Bonchev–Trinajstić information content (AvgIpc) is 2.17. The molecule has 2 heteroatoms. The number of hydrogen-bond acceptors (Lipinski definition) is 1. The predicted octanol–water partition coefficient (Wildman–Crippen LogP) is 1.73. The van der Waals surface area contributed by atoms with Crippen molar-refractivity contribution in [3.8, 4) is 5.75 Å². The van der Waals surface area contributed by atoms with Gasteiger partial charge in [-0.05, 0) is 6.07 Å². The first kappa shape index (κ1) is 7.35. The topological polar surface area (TPSA) is 30.6 Å². The summed E-state index contributed by atoms with van der Waals surface area (Å²) in [4.78, 5) is 8.96. The highest BCUT2D eigenvalue weighted by Crippen LogP contribution is 2.31. The van der Waals surface area contributed by atoms with Crippen LogP contribution >= 0.6 is 0 Å². The molecular weight excluding hydrogens is 152 g/mol. The summed E-state index contributed by atoms with van der Waals surface area (Å²) in [6.45, 7) is 0.693. The minimum absolute atomic E-state index is 0.148. The fourth-order valence-electron chi connectivity index (χ4n) is 1.52. The highest BCUT2D eigenvalue weighted by molar-refractivity contribution is 5.65. The first-order valence-corrected chi connectivity index (χ1v) is 4.11. The molecule has 2 nitrogen and oxygen atoms in total. The van der Waals surface area contributed by atoms with Crippen molar-refractivity contribution in [3.63, 3.8) is 0 Å². The summed E-state index contributed by atoms with van der Waals surface area (Å²) in [5.74, 6) is 1.05. The largest absolute Gasteiger partial charge is 0.493 e. The zero-order valence-corrected chi connectivity index (χ0v) is 6.73. The predicted molar refractivity (Wildman–Crippen MR) is 47.3 cm³/mol. The van der Waals surface area contributed by atoms with Gasteiger partial charge in [-0.25, -0.2) is 0 Å². The van der Waals surface area contributed by atoms with Gasteiger partial charge in [-0.3, -0.25) is 4.79 Å². The molecule has 0 aliphatic carbocycles. The Morgan fingerprint density at radius 1 is 1.42 bits per heavy atom. The van der Waals surface area contributed by atoms with Gasteiger partial charge >= 0.3 is 0 Å². The van der Waals surface area contributed by atoms with Gasteiger partial charge < -0.3 is 4.74 Å². The zero-order valence-electron chi connectivity index (χ0n) is 6.73. The van der Waals surface area contributed by atoms with Gasteiger partial charge in [-0.1, -0.05) is 18.2 Å². The molecule has 0 amide bonds. The van der Waals surface area contributed by atoms with E-state index in [1.165, 1.54) is 6.29 Å². The number of benzene rings is 1. The van der Waals surface area contributed by atoms with Gasteiger partial charge in [0.15, 0.2) is 0 Å². The highest BCUT2D eigenvalue weighted by atomic mass is 16.5. The van der Waals surface area contributed by atoms with E-state index in [1.807, 2.05) is 24.3 Å². The van der Waals surface area contributed by atoms with Crippen LogP contribution in [0.2, 0.25) is 0 Å². The second kappa shape index (κ2) is 2.97. The molecule has 1 aliphatic heterocycles. The summed E-state index contributed by atoms with van der Waals surface area (Å²) >= 11 is 0. The van der Waals surface area contributed by atoms with Crippen LogP contribution < -0.4 is 4.74 Å². The van der Waals surface area contributed by atoms with Crippen molar-refractivity contribution >= 4 is 6.29 Å². The fraction of sp³-hybridized carbons (Fsp3) is 0.300. The van der Waals surface area contributed by atoms with Crippen LogP contribution in [-0.2, 0) is 0 Å². The van der Waals surface area contributed by atoms with Crippen LogP contribution in [0.1, 0.15) is 17.9 Å². The lowest BCUT2D eigenvalue weighted by Gasteiger charge is -2.19. The molecule has 0 spiro atoms. The van der Waals surface area contributed by atoms with Crippen LogP contribution in [0.25, 0.3) is 0 Å². The van der Waals surface area contributed by atoms with Crippen LogP contribution in [0.15, 0.2) is 24.3 Å². The van der Waals surface area contributed by atoms with Crippen LogP contribution in [0, 0.1) is 0 Å². The highest BCUT2D eigenvalue weighted by Gasteiger charge is 2.22. The van der Waals surface area contributed by atoms with Crippen LogP contribution in [-0.4, -0.2) is 17.7 Å². The van der Waals surface area contributed by atoms with E-state index in [0.717, 1.165) is 17.7 Å². The van der Waals surface area contributed by atoms with Gasteiger partial charge in [0.05, 0.1) is 12.5 Å². The molecule has 0 fully saturated rings. The maximum atomic E-state index is 8.96. The first-order valence-electron chi connectivity index (χ1n) is 4.11. The van der Waals surface area contributed by atoms with E-state index in [4.69, 9.17) is 9.53 Å². The Balaban J connectivity index is 2.43. The van der Waals surface area contributed by atoms with Crippen molar-refractivity contribution in [1.82, 2.24) is 0 Å². The quantitative estimate of drug-likeness (QED) is 0.458. The molecule has 1 unspecified atom stereocenters. The lowest BCUT2D eigenvalue weighted by Crippen LogP contribution is -2.14. The van der Waals surface area contributed by atoms with Crippen molar-refractivity contribution < 1.29 is 9.53 Å². The Morgan fingerprint density at radius 2 is 2.25 bits per heavy atom. The molecule has 0 radical (unpaired) electrons. The van der Waals surface area contributed by atoms with Gasteiger partial charge in [-0.2, -0.15) is 0 Å². The molecular formula is C10H11O2+. The summed E-state index contributed by atoms with van der Waals surface area (Å²) in [5.41, 5.74) is 1.09. The summed E-state index contributed by atoms with van der Waals surface area (Å²) in [7, 11) is 0. The number of aldehydes is 1. The van der Waals surface area contributed by atoms with Gasteiger partial charge in [0.25, 0.3) is 6.29 Å². The number of fused-ring (bicyclic) bond motifs is 1. The molecule has 2 rings (SSSR count). The number of carbonyl (C=O) groups excluding carboxylic acids is 1. The van der Waals surface area contributed by atoms with E-state index in [2.05, 4.69) is 0 Å². The summed E-state index contributed by atoms with van der Waals surface area (Å²) < 4.78 is 5.42. The molecule has 1 N–H and O–H groups in total. The SMILES string of the molecule is [OH+]=CC1CCOc2ccccc21. The van der Waals surface area contributed by atoms with Crippen LogP contribution in [0.3, 0.4) is 0 Å². The Labute approximate surface area is 71.2 Å². The van der Waals surface area contributed by atoms with Crippen molar-refractivity contribution in [1.29, 1.82) is 0 Å². The molecule has 1 heterocycles. The molecule has 1 aromatic carbocycles. The number of hydrogen-bond donors (Lipinski definition) is 0. The van der Waals surface area contributed by atoms with E-state index in [1.54, 1.807) is 0 Å².